The molecule has 0 spiro atoms. The van der Waals surface area contributed by atoms with Crippen LogP contribution in [0.3, 0.4) is 0 Å². The first-order valence-corrected chi connectivity index (χ1v) is 11.4. The van der Waals surface area contributed by atoms with Crippen LogP contribution in [0, 0.1) is 0 Å². The number of nitrogens with zero attached hydrogens (tertiary/aromatic N) is 1. The number of rotatable bonds is 12. The van der Waals surface area contributed by atoms with Crippen molar-refractivity contribution < 1.29 is 23.8 Å². The molecule has 7 heteroatoms. The minimum atomic E-state index is -0.345. The Morgan fingerprint density at radius 3 is 2.15 bits per heavy atom. The summed E-state index contributed by atoms with van der Waals surface area (Å²) in [5.41, 5.74) is 1.97. The SMILES string of the molecule is CCOCCCN1C(=O)C(Nc2ccc(OC(C)C)cc2)=C(c2ccc(OCC)cc2)C1=O. The van der Waals surface area contributed by atoms with Crippen LogP contribution in [0.15, 0.2) is 54.2 Å². The summed E-state index contributed by atoms with van der Waals surface area (Å²) in [6.07, 6.45) is 0.646. The highest BCUT2D eigenvalue weighted by atomic mass is 16.5. The highest BCUT2D eigenvalue weighted by molar-refractivity contribution is 6.36. The molecule has 3 rings (SSSR count). The fourth-order valence-electron chi connectivity index (χ4n) is 3.55. The molecule has 0 unspecified atom stereocenters. The van der Waals surface area contributed by atoms with Crippen LogP contribution in [0.25, 0.3) is 5.57 Å². The molecule has 2 aromatic carbocycles. The number of ether oxygens (including phenoxy) is 3. The van der Waals surface area contributed by atoms with Gasteiger partial charge in [0, 0.05) is 25.4 Å². The second-order valence-corrected chi connectivity index (χ2v) is 7.84. The largest absolute Gasteiger partial charge is 0.494 e. The first kappa shape index (κ1) is 24.3. The van der Waals surface area contributed by atoms with E-state index < -0.39 is 0 Å². The summed E-state index contributed by atoms with van der Waals surface area (Å²) in [4.78, 5) is 27.8. The van der Waals surface area contributed by atoms with E-state index in [4.69, 9.17) is 14.2 Å². The highest BCUT2D eigenvalue weighted by Gasteiger charge is 2.38. The first-order chi connectivity index (χ1) is 15.9. The Kier molecular flexibility index (Phi) is 8.49. The number of hydrogen-bond acceptors (Lipinski definition) is 6. The molecule has 33 heavy (non-hydrogen) atoms. The van der Waals surface area contributed by atoms with Gasteiger partial charge in [-0.05, 0) is 76.1 Å². The van der Waals surface area contributed by atoms with E-state index in [9.17, 15) is 9.59 Å². The van der Waals surface area contributed by atoms with Gasteiger partial charge in [0.1, 0.15) is 17.2 Å². The van der Waals surface area contributed by atoms with Gasteiger partial charge in [0.05, 0.1) is 18.3 Å². The van der Waals surface area contributed by atoms with Crippen molar-refractivity contribution in [1.82, 2.24) is 4.90 Å². The van der Waals surface area contributed by atoms with Crippen LogP contribution < -0.4 is 14.8 Å². The first-order valence-electron chi connectivity index (χ1n) is 11.4. The lowest BCUT2D eigenvalue weighted by atomic mass is 10.0. The summed E-state index contributed by atoms with van der Waals surface area (Å²) < 4.78 is 16.6. The average molecular weight is 453 g/mol. The maximum Gasteiger partial charge on any atom is 0.278 e. The lowest BCUT2D eigenvalue weighted by Gasteiger charge is -2.15. The molecule has 0 radical (unpaired) electrons. The van der Waals surface area contributed by atoms with Gasteiger partial charge in [0.25, 0.3) is 11.8 Å². The van der Waals surface area contributed by atoms with E-state index in [2.05, 4.69) is 5.32 Å². The Bertz CT molecular complexity index is 981. The molecule has 2 amide bonds. The van der Waals surface area contributed by atoms with Crippen molar-refractivity contribution >= 4 is 23.1 Å². The van der Waals surface area contributed by atoms with E-state index in [-0.39, 0.29) is 23.6 Å². The van der Waals surface area contributed by atoms with Gasteiger partial charge in [-0.25, -0.2) is 0 Å². The van der Waals surface area contributed by atoms with Gasteiger partial charge in [-0.1, -0.05) is 12.1 Å². The van der Waals surface area contributed by atoms with Crippen molar-refractivity contribution in [2.24, 2.45) is 0 Å². The standard InChI is InChI=1S/C26H32N2O5/c1-5-31-17-7-16-28-25(29)23(19-8-12-21(13-9-19)32-6-2)24(26(28)30)27-20-10-14-22(15-11-20)33-18(3)4/h8-15,18,27H,5-7,16-17H2,1-4H3. The van der Waals surface area contributed by atoms with Gasteiger partial charge < -0.3 is 19.5 Å². The molecule has 2 aromatic rings. The van der Waals surface area contributed by atoms with Gasteiger partial charge in [0.2, 0.25) is 0 Å². The molecule has 1 aliphatic rings. The molecule has 0 fully saturated rings. The molecule has 0 saturated carbocycles. The predicted molar refractivity (Wildman–Crippen MR) is 128 cm³/mol. The molecule has 0 atom stereocenters. The van der Waals surface area contributed by atoms with Crippen LogP contribution in [0.2, 0.25) is 0 Å². The zero-order valence-corrected chi connectivity index (χ0v) is 19.7. The molecule has 0 bridgehead atoms. The monoisotopic (exact) mass is 452 g/mol. The van der Waals surface area contributed by atoms with E-state index in [1.807, 2.05) is 52.0 Å². The van der Waals surface area contributed by atoms with Crippen LogP contribution in [-0.2, 0) is 14.3 Å². The van der Waals surface area contributed by atoms with Gasteiger partial charge in [-0.15, -0.1) is 0 Å². The highest BCUT2D eigenvalue weighted by Crippen LogP contribution is 2.32. The Balaban J connectivity index is 1.89. The van der Waals surface area contributed by atoms with E-state index in [1.165, 1.54) is 4.90 Å². The van der Waals surface area contributed by atoms with Crippen molar-refractivity contribution in [3.8, 4) is 11.5 Å². The topological polar surface area (TPSA) is 77.1 Å². The second kappa shape index (κ2) is 11.5. The summed E-state index contributed by atoms with van der Waals surface area (Å²) in [7, 11) is 0. The van der Waals surface area contributed by atoms with Crippen LogP contribution in [0.1, 0.15) is 39.7 Å². The Labute approximate surface area is 195 Å². The Morgan fingerprint density at radius 1 is 0.879 bits per heavy atom. The van der Waals surface area contributed by atoms with Gasteiger partial charge in [-0.2, -0.15) is 0 Å². The quantitative estimate of drug-likeness (QED) is 0.378. The lowest BCUT2D eigenvalue weighted by molar-refractivity contribution is -0.137. The van der Waals surface area contributed by atoms with E-state index in [0.29, 0.717) is 55.4 Å². The van der Waals surface area contributed by atoms with Crippen molar-refractivity contribution in [1.29, 1.82) is 0 Å². The van der Waals surface area contributed by atoms with Gasteiger partial charge in [0.15, 0.2) is 0 Å². The Morgan fingerprint density at radius 2 is 1.55 bits per heavy atom. The number of hydrogen-bond donors (Lipinski definition) is 1. The molecule has 176 valence electrons. The van der Waals surface area contributed by atoms with Crippen molar-refractivity contribution in [2.75, 3.05) is 31.7 Å². The molecule has 0 saturated heterocycles. The summed E-state index contributed by atoms with van der Waals surface area (Å²) >= 11 is 0. The van der Waals surface area contributed by atoms with Crippen LogP contribution in [0.5, 0.6) is 11.5 Å². The zero-order valence-electron chi connectivity index (χ0n) is 19.7. The summed E-state index contributed by atoms with van der Waals surface area (Å²) in [5.74, 6) is 0.788. The third-order valence-corrected chi connectivity index (χ3v) is 4.99. The molecular weight excluding hydrogens is 420 g/mol. The number of carbonyl (C=O) groups excluding carboxylic acids is 2. The van der Waals surface area contributed by atoms with E-state index in [1.54, 1.807) is 24.3 Å². The van der Waals surface area contributed by atoms with Gasteiger partial charge in [-0.3, -0.25) is 14.5 Å². The number of carbonyl (C=O) groups is 2. The third-order valence-electron chi connectivity index (χ3n) is 4.99. The maximum atomic E-state index is 13.3. The number of benzene rings is 2. The smallest absolute Gasteiger partial charge is 0.278 e. The van der Waals surface area contributed by atoms with Crippen LogP contribution >= 0.6 is 0 Å². The van der Waals surface area contributed by atoms with Crippen molar-refractivity contribution in [3.63, 3.8) is 0 Å². The third kappa shape index (κ3) is 6.14. The second-order valence-electron chi connectivity index (χ2n) is 7.84. The van der Waals surface area contributed by atoms with E-state index >= 15 is 0 Å². The minimum Gasteiger partial charge on any atom is -0.494 e. The van der Waals surface area contributed by atoms with Crippen LogP contribution in [-0.4, -0.2) is 49.2 Å². The molecule has 0 aliphatic carbocycles. The normalized spacial score (nSPS) is 13.8. The summed E-state index contributed by atoms with van der Waals surface area (Å²) in [6.45, 7) is 9.69. The molecule has 1 N–H and O–H groups in total. The van der Waals surface area contributed by atoms with Crippen molar-refractivity contribution in [3.05, 3.63) is 59.8 Å². The molecule has 0 aromatic heterocycles. The van der Waals surface area contributed by atoms with E-state index in [0.717, 1.165) is 5.75 Å². The molecule has 1 heterocycles. The van der Waals surface area contributed by atoms with Gasteiger partial charge >= 0.3 is 0 Å². The molecular formula is C26H32N2O5. The number of imide groups is 1. The molecule has 1 aliphatic heterocycles. The number of amides is 2. The Hall–Kier alpha value is -3.32. The predicted octanol–water partition coefficient (Wildman–Crippen LogP) is 4.49. The summed E-state index contributed by atoms with van der Waals surface area (Å²) in [5, 5.41) is 3.17. The fourth-order valence-corrected chi connectivity index (χ4v) is 3.55. The number of anilines is 1. The zero-order chi connectivity index (χ0) is 23.8. The fraction of sp³-hybridized carbons (Fsp3) is 0.385. The van der Waals surface area contributed by atoms with Crippen LogP contribution in [0.4, 0.5) is 5.69 Å². The number of nitrogens with one attached hydrogen (secondary N) is 1. The van der Waals surface area contributed by atoms with Crippen molar-refractivity contribution in [2.45, 2.75) is 40.2 Å². The average Bonchev–Trinajstić information content (AvgIpc) is 3.02. The minimum absolute atomic E-state index is 0.0667. The molecule has 7 nitrogen and oxygen atoms in total. The summed E-state index contributed by atoms with van der Waals surface area (Å²) in [6, 6.07) is 14.5. The maximum absolute atomic E-state index is 13.3. The lowest BCUT2D eigenvalue weighted by Crippen LogP contribution is -2.34.